The number of aliphatic imine (C=N–C) groups is 1. The molecule has 1 saturated heterocycles. The summed E-state index contributed by atoms with van der Waals surface area (Å²) < 4.78 is 5.34. The van der Waals surface area contributed by atoms with Crippen molar-refractivity contribution in [3.63, 3.8) is 0 Å². The highest BCUT2D eigenvalue weighted by Gasteiger charge is 2.27. The van der Waals surface area contributed by atoms with Crippen LogP contribution in [-0.4, -0.2) is 44.9 Å². The van der Waals surface area contributed by atoms with Crippen LogP contribution in [0.5, 0.6) is 5.75 Å². The lowest BCUT2D eigenvalue weighted by atomic mass is 9.87. The zero-order valence-corrected chi connectivity index (χ0v) is 16.3. The fourth-order valence-electron chi connectivity index (χ4n) is 3.45. The molecule has 1 heterocycles. The van der Waals surface area contributed by atoms with Crippen LogP contribution in [0, 0.1) is 22.7 Å². The third-order valence-electron chi connectivity index (χ3n) is 4.90. The van der Waals surface area contributed by atoms with Gasteiger partial charge in [-0.3, -0.25) is 4.99 Å². The van der Waals surface area contributed by atoms with E-state index in [1.54, 1.807) is 14.2 Å². The van der Waals surface area contributed by atoms with Crippen LogP contribution in [0.1, 0.15) is 32.3 Å². The maximum Gasteiger partial charge on any atom is 0.119 e. The van der Waals surface area contributed by atoms with E-state index in [0.29, 0.717) is 5.92 Å². The zero-order valence-electron chi connectivity index (χ0n) is 16.3. The number of rotatable bonds is 6. The third kappa shape index (κ3) is 5.09. The van der Waals surface area contributed by atoms with E-state index < -0.39 is 0 Å². The van der Waals surface area contributed by atoms with Crippen LogP contribution >= 0.6 is 0 Å². The third-order valence-corrected chi connectivity index (χ3v) is 4.90. The van der Waals surface area contributed by atoms with E-state index in [-0.39, 0.29) is 5.41 Å². The molecule has 1 aromatic rings. The van der Waals surface area contributed by atoms with Gasteiger partial charge in [-0.25, -0.2) is 0 Å². The second kappa shape index (κ2) is 8.86. The Morgan fingerprint density at radius 2 is 2.12 bits per heavy atom. The van der Waals surface area contributed by atoms with E-state index in [1.165, 1.54) is 0 Å². The summed E-state index contributed by atoms with van der Waals surface area (Å²) in [7, 11) is 3.43. The summed E-state index contributed by atoms with van der Waals surface area (Å²) in [4.78, 5) is 6.58. The first-order valence-corrected chi connectivity index (χ1v) is 9.10. The van der Waals surface area contributed by atoms with Crippen LogP contribution in [0.15, 0.2) is 35.0 Å². The molecule has 1 fully saturated rings. The molecule has 0 aliphatic carbocycles. The molecule has 1 aromatic carbocycles. The molecule has 0 bridgehead atoms. The van der Waals surface area contributed by atoms with Gasteiger partial charge in [0.1, 0.15) is 5.75 Å². The van der Waals surface area contributed by atoms with Gasteiger partial charge in [-0.15, -0.1) is 0 Å². The Balaban J connectivity index is 2.16. The lowest BCUT2D eigenvalue weighted by Gasteiger charge is -2.35. The molecule has 0 spiro atoms. The Morgan fingerprint density at radius 1 is 1.42 bits per heavy atom. The zero-order chi connectivity index (χ0) is 19.2. The maximum absolute atomic E-state index is 9.24. The number of ether oxygens (including phenoxy) is 1. The molecule has 140 valence electrons. The highest BCUT2D eigenvalue weighted by Crippen LogP contribution is 2.29. The highest BCUT2D eigenvalue weighted by atomic mass is 16.5. The van der Waals surface area contributed by atoms with Gasteiger partial charge in [-0.1, -0.05) is 12.1 Å². The van der Waals surface area contributed by atoms with Crippen LogP contribution in [0.3, 0.4) is 0 Å². The number of allylic oxidation sites excluding steroid dienone is 2. The minimum Gasteiger partial charge on any atom is -0.497 e. The molecule has 1 aliphatic rings. The van der Waals surface area contributed by atoms with Crippen molar-refractivity contribution >= 4 is 11.8 Å². The smallest absolute Gasteiger partial charge is 0.119 e. The first-order chi connectivity index (χ1) is 12.4. The summed E-state index contributed by atoms with van der Waals surface area (Å²) in [5.41, 5.74) is 9.16. The molecule has 5 heteroatoms. The van der Waals surface area contributed by atoms with E-state index in [1.807, 2.05) is 44.3 Å². The van der Waals surface area contributed by atoms with Crippen LogP contribution < -0.4 is 10.5 Å². The standard InChI is InChI=1S/C21H30N4O/c1-21(2,14-22)15-25-10-8-16(9-11-25)20(23)19(13-24-3)17-6-5-7-18(12-17)26-4/h5-7,12-13,16H,8-11,15,23H2,1-4H3. The molecule has 0 amide bonds. The summed E-state index contributed by atoms with van der Waals surface area (Å²) in [5, 5.41) is 9.24. The predicted octanol–water partition coefficient (Wildman–Crippen LogP) is 3.33. The second-order valence-electron chi connectivity index (χ2n) is 7.53. The maximum atomic E-state index is 9.24. The molecule has 0 aromatic heterocycles. The van der Waals surface area contributed by atoms with Crippen molar-refractivity contribution in [1.29, 1.82) is 5.26 Å². The largest absolute Gasteiger partial charge is 0.497 e. The van der Waals surface area contributed by atoms with Gasteiger partial charge in [0.05, 0.1) is 18.6 Å². The highest BCUT2D eigenvalue weighted by molar-refractivity contribution is 6.11. The van der Waals surface area contributed by atoms with Crippen LogP contribution in [0.4, 0.5) is 0 Å². The van der Waals surface area contributed by atoms with E-state index in [0.717, 1.165) is 55.1 Å². The molecule has 5 nitrogen and oxygen atoms in total. The summed E-state index contributed by atoms with van der Waals surface area (Å²) >= 11 is 0. The number of methoxy groups -OCH3 is 1. The molecule has 0 atom stereocenters. The van der Waals surface area contributed by atoms with E-state index in [4.69, 9.17) is 10.5 Å². The van der Waals surface area contributed by atoms with E-state index in [2.05, 4.69) is 16.0 Å². The van der Waals surface area contributed by atoms with E-state index in [9.17, 15) is 5.26 Å². The summed E-state index contributed by atoms with van der Waals surface area (Å²) in [6.07, 6.45) is 3.84. The average Bonchev–Trinajstić information content (AvgIpc) is 2.66. The predicted molar refractivity (Wildman–Crippen MR) is 107 cm³/mol. The van der Waals surface area contributed by atoms with Crippen molar-refractivity contribution < 1.29 is 4.74 Å². The number of piperidine rings is 1. The Kier molecular flexibility index (Phi) is 6.82. The Hall–Kier alpha value is -2.32. The number of nitriles is 1. The fraction of sp³-hybridized carbons (Fsp3) is 0.524. The Morgan fingerprint density at radius 3 is 2.69 bits per heavy atom. The van der Waals surface area contributed by atoms with Crippen molar-refractivity contribution in [3.8, 4) is 11.8 Å². The lowest BCUT2D eigenvalue weighted by Crippen LogP contribution is -2.40. The van der Waals surface area contributed by atoms with Gasteiger partial charge >= 0.3 is 0 Å². The molecular formula is C21H30N4O. The number of likely N-dealkylation sites (tertiary alicyclic amines) is 1. The van der Waals surface area contributed by atoms with Gasteiger partial charge in [0.25, 0.3) is 0 Å². The van der Waals surface area contributed by atoms with Gasteiger partial charge in [0, 0.05) is 37.0 Å². The number of benzene rings is 1. The van der Waals surface area contributed by atoms with Gasteiger partial charge < -0.3 is 15.4 Å². The second-order valence-corrected chi connectivity index (χ2v) is 7.53. The molecule has 26 heavy (non-hydrogen) atoms. The molecule has 0 saturated carbocycles. The summed E-state index contributed by atoms with van der Waals surface area (Å²) in [6, 6.07) is 10.3. The van der Waals surface area contributed by atoms with Gasteiger partial charge in [-0.05, 0) is 57.5 Å². The Bertz CT molecular complexity index is 707. The Labute approximate surface area is 157 Å². The SMILES string of the molecule is CN=CC(=C(N)C1CCN(CC(C)(C)C#N)CC1)c1cccc(OC)c1. The number of hydrogen-bond acceptors (Lipinski definition) is 5. The lowest BCUT2D eigenvalue weighted by molar-refractivity contribution is 0.160. The fourth-order valence-corrected chi connectivity index (χ4v) is 3.45. The first-order valence-electron chi connectivity index (χ1n) is 9.10. The van der Waals surface area contributed by atoms with E-state index >= 15 is 0 Å². The van der Waals surface area contributed by atoms with Gasteiger partial charge in [0.15, 0.2) is 0 Å². The van der Waals surface area contributed by atoms with Crippen molar-refractivity contribution in [2.75, 3.05) is 33.8 Å². The van der Waals surface area contributed by atoms with Crippen molar-refractivity contribution in [1.82, 2.24) is 4.90 Å². The number of nitrogens with zero attached hydrogens (tertiary/aromatic N) is 3. The summed E-state index contributed by atoms with van der Waals surface area (Å²) in [5.74, 6) is 1.14. The molecule has 0 radical (unpaired) electrons. The molecule has 2 N–H and O–H groups in total. The topological polar surface area (TPSA) is 74.6 Å². The number of nitrogens with two attached hydrogens (primary N) is 1. The van der Waals surface area contributed by atoms with Gasteiger partial charge in [0.2, 0.25) is 0 Å². The first kappa shape index (κ1) is 20.0. The quantitative estimate of drug-likeness (QED) is 0.795. The van der Waals surface area contributed by atoms with Crippen molar-refractivity contribution in [2.45, 2.75) is 26.7 Å². The van der Waals surface area contributed by atoms with Gasteiger partial charge in [-0.2, -0.15) is 5.26 Å². The monoisotopic (exact) mass is 354 g/mol. The van der Waals surface area contributed by atoms with Crippen LogP contribution in [-0.2, 0) is 0 Å². The average molecular weight is 354 g/mol. The van der Waals surface area contributed by atoms with Crippen LogP contribution in [0.2, 0.25) is 0 Å². The normalized spacial score (nSPS) is 17.8. The molecule has 2 rings (SSSR count). The summed E-state index contributed by atoms with van der Waals surface area (Å²) in [6.45, 7) is 6.72. The van der Waals surface area contributed by atoms with Crippen molar-refractivity contribution in [2.24, 2.45) is 22.1 Å². The number of hydrogen-bond donors (Lipinski definition) is 1. The molecule has 0 unspecified atom stereocenters. The minimum atomic E-state index is -0.311. The minimum absolute atomic E-state index is 0.311. The molecular weight excluding hydrogens is 324 g/mol. The molecule has 1 aliphatic heterocycles. The van der Waals surface area contributed by atoms with Crippen LogP contribution in [0.25, 0.3) is 5.57 Å². The van der Waals surface area contributed by atoms with Crippen molar-refractivity contribution in [3.05, 3.63) is 35.5 Å².